The second kappa shape index (κ2) is 15.2. The van der Waals surface area contributed by atoms with E-state index < -0.39 is 5.83 Å². The maximum atomic E-state index is 12.9. The highest BCUT2D eigenvalue weighted by Crippen LogP contribution is 2.38. The van der Waals surface area contributed by atoms with Crippen molar-refractivity contribution in [2.45, 2.75) is 116 Å². The van der Waals surface area contributed by atoms with Crippen LogP contribution in [-0.2, 0) is 6.42 Å². The summed E-state index contributed by atoms with van der Waals surface area (Å²) in [5.74, 6) is 2.32. The fourth-order valence-corrected chi connectivity index (χ4v) is 6.01. The van der Waals surface area contributed by atoms with Gasteiger partial charge < -0.3 is 0 Å². The van der Waals surface area contributed by atoms with Crippen LogP contribution in [0, 0.1) is 29.1 Å². The standard InChI is InChI=1S/C32H46FN/c1-2-3-4-5-6-8-26-17-21-30(22-18-26)31-23-19-29(20-24-31)16-15-28-13-11-27(12-14-28)9-7-10-32(33)25-34/h10,15-18,21-22,27-29,31H,2-9,11-14,19-20,23-24H2,1H3/b16-15+,32-10?/t27-,28-,29-,31-. The van der Waals surface area contributed by atoms with Gasteiger partial charge in [0.05, 0.1) is 0 Å². The first-order valence-electron chi connectivity index (χ1n) is 14.2. The molecule has 2 fully saturated rings. The summed E-state index contributed by atoms with van der Waals surface area (Å²) < 4.78 is 12.9. The molecular formula is C32H46FN. The molecule has 2 heteroatoms. The highest BCUT2D eigenvalue weighted by atomic mass is 19.1. The molecular weight excluding hydrogens is 417 g/mol. The minimum Gasteiger partial charge on any atom is -0.195 e. The van der Waals surface area contributed by atoms with E-state index in [4.69, 9.17) is 5.26 Å². The lowest BCUT2D eigenvalue weighted by atomic mass is 9.76. The van der Waals surface area contributed by atoms with Crippen LogP contribution in [0.3, 0.4) is 0 Å². The van der Waals surface area contributed by atoms with Crippen molar-refractivity contribution in [2.75, 3.05) is 0 Å². The summed E-state index contributed by atoms with van der Waals surface area (Å²) in [6.45, 7) is 2.28. The largest absolute Gasteiger partial charge is 0.196 e. The van der Waals surface area contributed by atoms with Crippen molar-refractivity contribution in [3.63, 3.8) is 0 Å². The van der Waals surface area contributed by atoms with E-state index in [1.807, 2.05) is 0 Å². The number of hydrogen-bond donors (Lipinski definition) is 0. The van der Waals surface area contributed by atoms with Gasteiger partial charge in [0, 0.05) is 0 Å². The number of aryl methyl sites for hydroxylation is 1. The summed E-state index contributed by atoms with van der Waals surface area (Å²) in [4.78, 5) is 0. The van der Waals surface area contributed by atoms with Crippen LogP contribution in [0.25, 0.3) is 0 Å². The minimum atomic E-state index is -0.628. The predicted molar refractivity (Wildman–Crippen MR) is 142 cm³/mol. The van der Waals surface area contributed by atoms with Crippen molar-refractivity contribution in [2.24, 2.45) is 17.8 Å². The van der Waals surface area contributed by atoms with Gasteiger partial charge in [0.25, 0.3) is 0 Å². The lowest BCUT2D eigenvalue weighted by molar-refractivity contribution is 0.295. The van der Waals surface area contributed by atoms with Crippen molar-refractivity contribution >= 4 is 0 Å². The molecule has 2 saturated carbocycles. The van der Waals surface area contributed by atoms with Gasteiger partial charge >= 0.3 is 0 Å². The Balaban J connectivity index is 1.32. The first kappa shape index (κ1) is 26.7. The highest BCUT2D eigenvalue weighted by molar-refractivity contribution is 5.26. The molecule has 0 spiro atoms. The van der Waals surface area contributed by atoms with E-state index in [-0.39, 0.29) is 0 Å². The first-order valence-corrected chi connectivity index (χ1v) is 14.2. The van der Waals surface area contributed by atoms with Gasteiger partial charge in [-0.05, 0) is 118 Å². The normalized spacial score (nSPS) is 26.0. The van der Waals surface area contributed by atoms with Crippen LogP contribution in [0.15, 0.2) is 48.3 Å². The van der Waals surface area contributed by atoms with Crippen molar-refractivity contribution in [3.05, 3.63) is 59.4 Å². The third-order valence-electron chi connectivity index (χ3n) is 8.34. The molecule has 1 aromatic rings. The van der Waals surface area contributed by atoms with E-state index in [2.05, 4.69) is 43.3 Å². The fraction of sp³-hybridized carbons (Fsp3) is 0.656. The summed E-state index contributed by atoms with van der Waals surface area (Å²) in [7, 11) is 0. The first-order chi connectivity index (χ1) is 16.7. The number of halogens is 1. The Hall–Kier alpha value is -1.88. The van der Waals surface area contributed by atoms with E-state index in [0.29, 0.717) is 12.3 Å². The zero-order chi connectivity index (χ0) is 24.0. The van der Waals surface area contributed by atoms with Gasteiger partial charge in [-0.1, -0.05) is 69.0 Å². The molecule has 1 aromatic carbocycles. The van der Waals surface area contributed by atoms with Crippen LogP contribution in [0.5, 0.6) is 0 Å². The number of nitriles is 1. The third-order valence-corrected chi connectivity index (χ3v) is 8.34. The van der Waals surface area contributed by atoms with Crippen LogP contribution < -0.4 is 0 Å². The molecule has 186 valence electrons. The van der Waals surface area contributed by atoms with Crippen LogP contribution in [0.1, 0.15) is 120 Å². The number of benzene rings is 1. The summed E-state index contributed by atoms with van der Waals surface area (Å²) in [6.07, 6.45) is 26.6. The maximum Gasteiger partial charge on any atom is 0.196 e. The van der Waals surface area contributed by atoms with Crippen molar-refractivity contribution in [1.82, 2.24) is 0 Å². The SMILES string of the molecule is CCCCCCCc1ccc([C@H]2CC[C@H](/C=C/[C@H]3CC[C@H](CCC=C(F)C#N)CC3)CC2)cc1. The van der Waals surface area contributed by atoms with E-state index in [0.717, 1.165) is 24.2 Å². The van der Waals surface area contributed by atoms with Crippen LogP contribution in [0.2, 0.25) is 0 Å². The zero-order valence-corrected chi connectivity index (χ0v) is 21.5. The van der Waals surface area contributed by atoms with Crippen LogP contribution in [-0.4, -0.2) is 0 Å². The second-order valence-electron chi connectivity index (χ2n) is 10.9. The Morgan fingerprint density at radius 1 is 0.882 bits per heavy atom. The smallest absolute Gasteiger partial charge is 0.195 e. The van der Waals surface area contributed by atoms with Gasteiger partial charge in [-0.3, -0.25) is 0 Å². The fourth-order valence-electron chi connectivity index (χ4n) is 6.01. The molecule has 2 aliphatic rings. The zero-order valence-electron chi connectivity index (χ0n) is 21.5. The lowest BCUT2D eigenvalue weighted by Crippen LogP contribution is -2.14. The summed E-state index contributed by atoms with van der Waals surface area (Å²) in [5, 5.41) is 8.50. The van der Waals surface area contributed by atoms with Gasteiger partial charge in [-0.2, -0.15) is 9.65 Å². The van der Waals surface area contributed by atoms with Crippen LogP contribution in [0.4, 0.5) is 4.39 Å². The molecule has 0 heterocycles. The Kier molecular flexibility index (Phi) is 11.9. The topological polar surface area (TPSA) is 23.8 Å². The molecule has 3 rings (SSSR count). The van der Waals surface area contributed by atoms with Gasteiger partial charge in [0.2, 0.25) is 0 Å². The Morgan fingerprint density at radius 2 is 1.50 bits per heavy atom. The summed E-state index contributed by atoms with van der Waals surface area (Å²) >= 11 is 0. The Labute approximate surface area is 208 Å². The van der Waals surface area contributed by atoms with Gasteiger partial charge in [-0.25, -0.2) is 0 Å². The number of unbranched alkanes of at least 4 members (excludes halogenated alkanes) is 4. The van der Waals surface area contributed by atoms with E-state index >= 15 is 0 Å². The molecule has 0 amide bonds. The predicted octanol–water partition coefficient (Wildman–Crippen LogP) is 9.99. The van der Waals surface area contributed by atoms with Crippen molar-refractivity contribution in [3.8, 4) is 6.07 Å². The van der Waals surface area contributed by atoms with Gasteiger partial charge in [0.15, 0.2) is 5.83 Å². The molecule has 2 aliphatic carbocycles. The highest BCUT2D eigenvalue weighted by Gasteiger charge is 2.22. The summed E-state index contributed by atoms with van der Waals surface area (Å²) in [5.41, 5.74) is 3.07. The minimum absolute atomic E-state index is 0.628. The lowest BCUT2D eigenvalue weighted by Gasteiger charge is -2.29. The second-order valence-corrected chi connectivity index (χ2v) is 10.9. The average molecular weight is 464 g/mol. The van der Waals surface area contributed by atoms with Crippen LogP contribution >= 0.6 is 0 Å². The Morgan fingerprint density at radius 3 is 2.12 bits per heavy atom. The van der Waals surface area contributed by atoms with E-state index in [1.54, 1.807) is 11.6 Å². The Bertz CT molecular complexity index is 783. The number of nitrogens with zero attached hydrogens (tertiary/aromatic N) is 1. The third kappa shape index (κ3) is 9.40. The summed E-state index contributed by atoms with van der Waals surface area (Å²) in [6, 6.07) is 11.1. The van der Waals surface area contributed by atoms with E-state index in [9.17, 15) is 4.39 Å². The van der Waals surface area contributed by atoms with Crippen molar-refractivity contribution in [1.29, 1.82) is 5.26 Å². The molecule has 0 atom stereocenters. The number of allylic oxidation sites excluding steroid dienone is 4. The monoisotopic (exact) mass is 463 g/mol. The van der Waals surface area contributed by atoms with Gasteiger partial charge in [-0.15, -0.1) is 0 Å². The molecule has 0 aliphatic heterocycles. The molecule has 0 aromatic heterocycles. The molecule has 0 N–H and O–H groups in total. The quantitative estimate of drug-likeness (QED) is 0.172. The molecule has 0 radical (unpaired) electrons. The maximum absolute atomic E-state index is 12.9. The number of rotatable bonds is 12. The average Bonchev–Trinajstić information content (AvgIpc) is 2.88. The molecule has 0 saturated heterocycles. The number of hydrogen-bond acceptors (Lipinski definition) is 1. The molecule has 34 heavy (non-hydrogen) atoms. The van der Waals surface area contributed by atoms with E-state index in [1.165, 1.54) is 102 Å². The molecule has 0 bridgehead atoms. The molecule has 0 unspecified atom stereocenters. The molecule has 1 nitrogen and oxygen atoms in total. The van der Waals surface area contributed by atoms with Gasteiger partial charge in [0.1, 0.15) is 6.07 Å². The van der Waals surface area contributed by atoms with Crippen molar-refractivity contribution < 1.29 is 4.39 Å².